The van der Waals surface area contributed by atoms with Crippen LogP contribution in [0.3, 0.4) is 0 Å². The molecule has 2 fully saturated rings. The number of fused-ring (bicyclic) bond motifs is 2. The number of thiophene rings is 1. The fourth-order valence-corrected chi connectivity index (χ4v) is 5.69. The van der Waals surface area contributed by atoms with Gasteiger partial charge in [-0.1, -0.05) is 6.07 Å². The van der Waals surface area contributed by atoms with Crippen LogP contribution in [0, 0.1) is 18.8 Å². The van der Waals surface area contributed by atoms with Crippen molar-refractivity contribution in [1.82, 2.24) is 9.88 Å². The van der Waals surface area contributed by atoms with E-state index in [-0.39, 0.29) is 6.04 Å². The summed E-state index contributed by atoms with van der Waals surface area (Å²) in [6.45, 7) is 7.70. The molecule has 33 heavy (non-hydrogen) atoms. The molecule has 2 aromatic rings. The lowest BCUT2D eigenvalue weighted by molar-refractivity contribution is -0.147. The summed E-state index contributed by atoms with van der Waals surface area (Å²) in [7, 11) is 0. The fourth-order valence-electron chi connectivity index (χ4n) is 4.76. The first-order valence-electron chi connectivity index (χ1n) is 11.2. The van der Waals surface area contributed by atoms with Crippen molar-refractivity contribution in [2.24, 2.45) is 11.8 Å². The lowest BCUT2D eigenvalue weighted by Crippen LogP contribution is -2.47. The molecule has 1 saturated carbocycles. The molecule has 4 rings (SSSR count). The smallest absolute Gasteiger partial charge is 0.413 e. The molecule has 2 aliphatic rings. The summed E-state index contributed by atoms with van der Waals surface area (Å²) in [5.41, 5.74) is 0.410. The molecule has 0 aromatic carbocycles. The SMILES string of the molecule is Cc1cc(NC(=O)C(=O)N2C[C@@H]3CC[C@@H](C3)[C@@H]2c2cccs2)cnc1NC(=O)OC(C)(C)C. The summed E-state index contributed by atoms with van der Waals surface area (Å²) in [6.07, 6.45) is 4.12. The Morgan fingerprint density at radius 1 is 1.21 bits per heavy atom. The summed E-state index contributed by atoms with van der Waals surface area (Å²) < 4.78 is 5.24. The number of anilines is 2. The second-order valence-electron chi connectivity index (χ2n) is 9.83. The molecular formula is C24H30N4O4S. The zero-order valence-corrected chi connectivity index (χ0v) is 20.2. The quantitative estimate of drug-likeness (QED) is 0.631. The van der Waals surface area contributed by atoms with E-state index in [1.807, 2.05) is 11.4 Å². The Kier molecular flexibility index (Phi) is 6.43. The van der Waals surface area contributed by atoms with Crippen LogP contribution in [0.1, 0.15) is 56.5 Å². The molecule has 176 valence electrons. The molecule has 9 heteroatoms. The van der Waals surface area contributed by atoms with Gasteiger partial charge in [-0.25, -0.2) is 9.78 Å². The number of rotatable bonds is 3. The molecule has 0 unspecified atom stereocenters. The Hall–Kier alpha value is -2.94. The molecule has 2 N–H and O–H groups in total. The van der Waals surface area contributed by atoms with Crippen LogP contribution in [-0.2, 0) is 14.3 Å². The van der Waals surface area contributed by atoms with Crippen molar-refractivity contribution in [3.8, 4) is 0 Å². The minimum Gasteiger partial charge on any atom is -0.444 e. The van der Waals surface area contributed by atoms with Crippen molar-refractivity contribution >= 4 is 40.7 Å². The fraction of sp³-hybridized carbons (Fsp3) is 0.500. The number of ether oxygens (including phenoxy) is 1. The predicted molar refractivity (Wildman–Crippen MR) is 127 cm³/mol. The van der Waals surface area contributed by atoms with Gasteiger partial charge in [-0.3, -0.25) is 14.9 Å². The van der Waals surface area contributed by atoms with Crippen LogP contribution < -0.4 is 10.6 Å². The summed E-state index contributed by atoms with van der Waals surface area (Å²) in [5.74, 6) is 0.0100. The van der Waals surface area contributed by atoms with Crippen LogP contribution in [0.15, 0.2) is 29.8 Å². The molecule has 1 aliphatic carbocycles. The molecule has 1 saturated heterocycles. The lowest BCUT2D eigenvalue weighted by Gasteiger charge is -2.39. The van der Waals surface area contributed by atoms with Crippen molar-refractivity contribution in [2.45, 2.75) is 58.6 Å². The molecule has 3 heterocycles. The molecule has 0 spiro atoms. The number of pyridine rings is 1. The number of carbonyl (C=O) groups excluding carboxylic acids is 3. The molecule has 3 atom stereocenters. The van der Waals surface area contributed by atoms with E-state index < -0.39 is 23.5 Å². The van der Waals surface area contributed by atoms with Gasteiger partial charge in [-0.15, -0.1) is 11.3 Å². The number of amides is 3. The van der Waals surface area contributed by atoms with Gasteiger partial charge in [0.05, 0.1) is 17.9 Å². The van der Waals surface area contributed by atoms with Gasteiger partial charge in [0.15, 0.2) is 0 Å². The molecule has 1 aliphatic heterocycles. The van der Waals surface area contributed by atoms with Crippen LogP contribution in [0.5, 0.6) is 0 Å². The normalized spacial score (nSPS) is 22.1. The number of likely N-dealkylation sites (tertiary alicyclic amines) is 1. The highest BCUT2D eigenvalue weighted by Crippen LogP contribution is 2.48. The van der Waals surface area contributed by atoms with Gasteiger partial charge in [0, 0.05) is 11.4 Å². The Morgan fingerprint density at radius 3 is 2.67 bits per heavy atom. The number of hydrogen-bond donors (Lipinski definition) is 2. The number of nitrogens with one attached hydrogen (secondary N) is 2. The van der Waals surface area contributed by atoms with Crippen LogP contribution in [0.2, 0.25) is 0 Å². The standard InChI is InChI=1S/C24H30N4O4S/c1-14-10-17(12-25-20(14)27-23(31)32-24(2,3)4)26-21(29)22(30)28-13-15-7-8-16(11-15)19(28)18-6-5-9-33-18/h5-6,9-10,12,15-16,19H,7-8,11,13H2,1-4H3,(H,26,29)(H,25,27,31)/t15-,16+,19-/m1/s1. The highest BCUT2D eigenvalue weighted by Gasteiger charge is 2.45. The number of aryl methyl sites for hydroxylation is 1. The van der Waals surface area contributed by atoms with E-state index in [1.165, 1.54) is 6.20 Å². The maximum Gasteiger partial charge on any atom is 0.413 e. The Morgan fingerprint density at radius 2 is 2.00 bits per heavy atom. The van der Waals surface area contributed by atoms with Gasteiger partial charge in [-0.05, 0) is 81.9 Å². The minimum atomic E-state index is -0.674. The van der Waals surface area contributed by atoms with Gasteiger partial charge < -0.3 is 15.0 Å². The molecule has 8 nitrogen and oxygen atoms in total. The van der Waals surface area contributed by atoms with E-state index in [0.717, 1.165) is 24.1 Å². The maximum absolute atomic E-state index is 13.2. The summed E-state index contributed by atoms with van der Waals surface area (Å²) >= 11 is 1.64. The average Bonchev–Trinajstić information content (AvgIpc) is 3.39. The van der Waals surface area contributed by atoms with E-state index in [4.69, 9.17) is 4.74 Å². The molecule has 2 aromatic heterocycles. The number of hydrogen-bond acceptors (Lipinski definition) is 6. The lowest BCUT2D eigenvalue weighted by atomic mass is 9.89. The van der Waals surface area contributed by atoms with Crippen molar-refractivity contribution in [3.05, 3.63) is 40.2 Å². The third-order valence-corrected chi connectivity index (χ3v) is 7.01. The zero-order valence-electron chi connectivity index (χ0n) is 19.4. The Balaban J connectivity index is 1.44. The summed E-state index contributed by atoms with van der Waals surface area (Å²) in [6, 6.07) is 5.67. The van der Waals surface area contributed by atoms with Crippen LogP contribution >= 0.6 is 11.3 Å². The number of carbonyl (C=O) groups is 3. The third-order valence-electron chi connectivity index (χ3n) is 6.06. The first-order valence-corrected chi connectivity index (χ1v) is 12.1. The highest BCUT2D eigenvalue weighted by atomic mass is 32.1. The van der Waals surface area contributed by atoms with Crippen molar-refractivity contribution < 1.29 is 19.1 Å². The molecular weight excluding hydrogens is 440 g/mol. The van der Waals surface area contributed by atoms with Crippen molar-refractivity contribution in [1.29, 1.82) is 0 Å². The summed E-state index contributed by atoms with van der Waals surface area (Å²) in [5, 5.41) is 7.30. The number of aromatic nitrogens is 1. The van der Waals surface area contributed by atoms with Crippen molar-refractivity contribution in [2.75, 3.05) is 17.2 Å². The highest BCUT2D eigenvalue weighted by molar-refractivity contribution is 7.10. The number of nitrogens with zero attached hydrogens (tertiary/aromatic N) is 2. The van der Waals surface area contributed by atoms with E-state index in [1.54, 1.807) is 50.0 Å². The second-order valence-corrected chi connectivity index (χ2v) is 10.8. The van der Waals surface area contributed by atoms with Crippen LogP contribution in [0.4, 0.5) is 16.3 Å². The van der Waals surface area contributed by atoms with E-state index in [9.17, 15) is 14.4 Å². The van der Waals surface area contributed by atoms with Crippen molar-refractivity contribution in [3.63, 3.8) is 0 Å². The predicted octanol–water partition coefficient (Wildman–Crippen LogP) is 4.74. The van der Waals surface area contributed by atoms with Crippen LogP contribution in [0.25, 0.3) is 0 Å². The monoisotopic (exact) mass is 470 g/mol. The van der Waals surface area contributed by atoms with Gasteiger partial charge in [0.25, 0.3) is 0 Å². The minimum absolute atomic E-state index is 0.0396. The molecule has 3 amide bonds. The largest absolute Gasteiger partial charge is 0.444 e. The average molecular weight is 471 g/mol. The van der Waals surface area contributed by atoms with E-state index >= 15 is 0 Å². The first kappa shape index (κ1) is 23.2. The van der Waals surface area contributed by atoms with E-state index in [0.29, 0.717) is 35.4 Å². The third kappa shape index (κ3) is 5.35. The van der Waals surface area contributed by atoms with Crippen LogP contribution in [-0.4, -0.2) is 39.9 Å². The zero-order chi connectivity index (χ0) is 23.8. The Bertz CT molecular complexity index is 1050. The van der Waals surface area contributed by atoms with Gasteiger partial charge >= 0.3 is 17.9 Å². The maximum atomic E-state index is 13.2. The molecule has 0 radical (unpaired) electrons. The first-order chi connectivity index (χ1) is 15.6. The van der Waals surface area contributed by atoms with Gasteiger partial charge in [0.2, 0.25) is 0 Å². The van der Waals surface area contributed by atoms with Gasteiger partial charge in [-0.2, -0.15) is 0 Å². The van der Waals surface area contributed by atoms with Gasteiger partial charge in [0.1, 0.15) is 11.4 Å². The topological polar surface area (TPSA) is 101 Å². The summed E-state index contributed by atoms with van der Waals surface area (Å²) in [4.78, 5) is 45.2. The second kappa shape index (κ2) is 9.13. The van der Waals surface area contributed by atoms with E-state index in [2.05, 4.69) is 21.7 Å². The number of piperidine rings is 1. The Labute approximate surface area is 197 Å². The molecule has 2 bridgehead atoms.